The number of aryl methyl sites for hydroxylation is 2. The summed E-state index contributed by atoms with van der Waals surface area (Å²) < 4.78 is 26.7. The van der Waals surface area contributed by atoms with Gasteiger partial charge in [-0.15, -0.1) is 0 Å². The predicted octanol–water partition coefficient (Wildman–Crippen LogP) is 3.84. The van der Waals surface area contributed by atoms with Crippen LogP contribution in [0.15, 0.2) is 42.5 Å². The van der Waals surface area contributed by atoms with Crippen molar-refractivity contribution >= 4 is 11.6 Å². The van der Waals surface area contributed by atoms with Gasteiger partial charge in [0.25, 0.3) is 0 Å². The van der Waals surface area contributed by atoms with Crippen LogP contribution in [0, 0.1) is 18.6 Å². The van der Waals surface area contributed by atoms with E-state index in [9.17, 15) is 13.6 Å². The lowest BCUT2D eigenvalue weighted by molar-refractivity contribution is -0.116. The number of para-hydroxylation sites is 1. The largest absolute Gasteiger partial charge is 0.321 e. The molecule has 2 nitrogen and oxygen atoms in total. The third kappa shape index (κ3) is 3.63. The van der Waals surface area contributed by atoms with Crippen LogP contribution in [-0.4, -0.2) is 5.91 Å². The molecule has 104 valence electrons. The summed E-state index contributed by atoms with van der Waals surface area (Å²) in [5.74, 6) is -1.95. The van der Waals surface area contributed by atoms with E-state index < -0.39 is 17.5 Å². The summed E-state index contributed by atoms with van der Waals surface area (Å²) in [5, 5.41) is 2.27. The molecular formula is C16H15F2NO. The fraction of sp³-hybridized carbons (Fsp3) is 0.188. The molecule has 1 amide bonds. The smallest absolute Gasteiger partial charge is 0.224 e. The first-order valence-electron chi connectivity index (χ1n) is 6.35. The minimum atomic E-state index is -0.770. The van der Waals surface area contributed by atoms with Gasteiger partial charge >= 0.3 is 0 Å². The van der Waals surface area contributed by atoms with Gasteiger partial charge in [-0.2, -0.15) is 0 Å². The molecule has 0 fully saturated rings. The Morgan fingerprint density at radius 2 is 1.65 bits per heavy atom. The molecule has 0 radical (unpaired) electrons. The van der Waals surface area contributed by atoms with Crippen molar-refractivity contribution in [3.63, 3.8) is 0 Å². The summed E-state index contributed by atoms with van der Waals surface area (Å²) in [4.78, 5) is 11.7. The molecule has 0 saturated heterocycles. The Morgan fingerprint density at radius 3 is 2.25 bits per heavy atom. The lowest BCUT2D eigenvalue weighted by Crippen LogP contribution is -2.14. The molecule has 2 aromatic rings. The lowest BCUT2D eigenvalue weighted by atomic mass is 10.1. The number of carbonyl (C=O) groups is 1. The fourth-order valence-corrected chi connectivity index (χ4v) is 1.83. The van der Waals surface area contributed by atoms with E-state index in [4.69, 9.17) is 0 Å². The Bertz CT molecular complexity index is 588. The highest BCUT2D eigenvalue weighted by atomic mass is 19.1. The van der Waals surface area contributed by atoms with Gasteiger partial charge < -0.3 is 5.32 Å². The van der Waals surface area contributed by atoms with Crippen molar-refractivity contribution < 1.29 is 13.6 Å². The van der Waals surface area contributed by atoms with Crippen LogP contribution in [0.1, 0.15) is 17.5 Å². The molecule has 0 aliphatic heterocycles. The molecule has 0 atom stereocenters. The van der Waals surface area contributed by atoms with Crippen LogP contribution < -0.4 is 5.32 Å². The molecule has 0 spiro atoms. The van der Waals surface area contributed by atoms with E-state index in [2.05, 4.69) is 5.32 Å². The number of nitrogens with one attached hydrogen (secondary N) is 1. The summed E-state index contributed by atoms with van der Waals surface area (Å²) in [7, 11) is 0. The third-order valence-corrected chi connectivity index (χ3v) is 2.99. The maximum atomic E-state index is 13.4. The molecule has 0 heterocycles. The van der Waals surface area contributed by atoms with Crippen molar-refractivity contribution in [1.82, 2.24) is 0 Å². The average Bonchev–Trinajstić information content (AvgIpc) is 2.42. The Kier molecular flexibility index (Phi) is 4.45. The number of hydrogen-bond donors (Lipinski definition) is 1. The van der Waals surface area contributed by atoms with Gasteiger partial charge in [-0.3, -0.25) is 4.79 Å². The number of anilines is 1. The molecule has 0 aromatic heterocycles. The van der Waals surface area contributed by atoms with Gasteiger partial charge in [-0.05, 0) is 31.0 Å². The maximum Gasteiger partial charge on any atom is 0.224 e. The first-order chi connectivity index (χ1) is 9.56. The predicted molar refractivity (Wildman–Crippen MR) is 74.5 cm³/mol. The Labute approximate surface area is 116 Å². The minimum Gasteiger partial charge on any atom is -0.321 e. The van der Waals surface area contributed by atoms with E-state index in [1.165, 1.54) is 6.07 Å². The van der Waals surface area contributed by atoms with Crippen molar-refractivity contribution in [2.45, 2.75) is 19.8 Å². The van der Waals surface area contributed by atoms with Crippen molar-refractivity contribution in [3.8, 4) is 0 Å². The molecule has 2 rings (SSSR count). The topological polar surface area (TPSA) is 29.1 Å². The molecule has 0 saturated carbocycles. The molecule has 0 bridgehead atoms. The summed E-state index contributed by atoms with van der Waals surface area (Å²) in [5.41, 5.74) is 1.77. The third-order valence-electron chi connectivity index (χ3n) is 2.99. The van der Waals surface area contributed by atoms with E-state index in [0.717, 1.165) is 23.3 Å². The van der Waals surface area contributed by atoms with Crippen LogP contribution in [0.2, 0.25) is 0 Å². The summed E-state index contributed by atoms with van der Waals surface area (Å²) in [6, 6.07) is 11.3. The standard InChI is InChI=1S/C16H15F2NO/c1-11-5-7-12(8-6-11)9-10-15(20)19-16-13(17)3-2-4-14(16)18/h2-8H,9-10H2,1H3,(H,19,20). The van der Waals surface area contributed by atoms with Crippen molar-refractivity contribution in [1.29, 1.82) is 0 Å². The second kappa shape index (κ2) is 6.28. The first kappa shape index (κ1) is 14.2. The van der Waals surface area contributed by atoms with Gasteiger partial charge in [-0.25, -0.2) is 8.78 Å². The van der Waals surface area contributed by atoms with Crippen molar-refractivity contribution in [2.24, 2.45) is 0 Å². The van der Waals surface area contributed by atoms with Crippen LogP contribution >= 0.6 is 0 Å². The fourth-order valence-electron chi connectivity index (χ4n) is 1.83. The molecular weight excluding hydrogens is 260 g/mol. The minimum absolute atomic E-state index is 0.177. The van der Waals surface area contributed by atoms with E-state index in [1.807, 2.05) is 31.2 Å². The van der Waals surface area contributed by atoms with Crippen LogP contribution in [0.4, 0.5) is 14.5 Å². The van der Waals surface area contributed by atoms with Crippen molar-refractivity contribution in [3.05, 3.63) is 65.2 Å². The number of carbonyl (C=O) groups excluding carboxylic acids is 1. The number of rotatable bonds is 4. The molecule has 0 aliphatic carbocycles. The second-order valence-corrected chi connectivity index (χ2v) is 4.63. The van der Waals surface area contributed by atoms with Crippen LogP contribution in [0.25, 0.3) is 0 Å². The number of halogens is 2. The molecule has 1 N–H and O–H groups in total. The average molecular weight is 275 g/mol. The Morgan fingerprint density at radius 1 is 1.05 bits per heavy atom. The SMILES string of the molecule is Cc1ccc(CCC(=O)Nc2c(F)cccc2F)cc1. The van der Waals surface area contributed by atoms with E-state index >= 15 is 0 Å². The monoisotopic (exact) mass is 275 g/mol. The van der Waals surface area contributed by atoms with Crippen LogP contribution in [-0.2, 0) is 11.2 Å². The number of hydrogen-bond acceptors (Lipinski definition) is 1. The Hall–Kier alpha value is -2.23. The molecule has 4 heteroatoms. The molecule has 2 aromatic carbocycles. The van der Waals surface area contributed by atoms with E-state index in [1.54, 1.807) is 0 Å². The Balaban J connectivity index is 1.94. The normalized spacial score (nSPS) is 10.3. The van der Waals surface area contributed by atoms with Gasteiger partial charge in [0.2, 0.25) is 5.91 Å². The number of benzene rings is 2. The van der Waals surface area contributed by atoms with Gasteiger partial charge in [0, 0.05) is 6.42 Å². The van der Waals surface area contributed by atoms with E-state index in [0.29, 0.717) is 6.42 Å². The zero-order valence-electron chi connectivity index (χ0n) is 11.1. The number of amides is 1. The van der Waals surface area contributed by atoms with Gasteiger partial charge in [0.15, 0.2) is 0 Å². The highest BCUT2D eigenvalue weighted by molar-refractivity contribution is 5.91. The highest BCUT2D eigenvalue weighted by Crippen LogP contribution is 2.18. The van der Waals surface area contributed by atoms with Gasteiger partial charge in [-0.1, -0.05) is 35.9 Å². The zero-order chi connectivity index (χ0) is 14.5. The first-order valence-corrected chi connectivity index (χ1v) is 6.35. The summed E-state index contributed by atoms with van der Waals surface area (Å²) >= 11 is 0. The summed E-state index contributed by atoms with van der Waals surface area (Å²) in [6.45, 7) is 1.98. The second-order valence-electron chi connectivity index (χ2n) is 4.63. The van der Waals surface area contributed by atoms with Crippen molar-refractivity contribution in [2.75, 3.05) is 5.32 Å². The van der Waals surface area contributed by atoms with Gasteiger partial charge in [0.05, 0.1) is 0 Å². The zero-order valence-corrected chi connectivity index (χ0v) is 11.1. The van der Waals surface area contributed by atoms with Crippen LogP contribution in [0.3, 0.4) is 0 Å². The highest BCUT2D eigenvalue weighted by Gasteiger charge is 2.11. The summed E-state index contributed by atoms with van der Waals surface area (Å²) in [6.07, 6.45) is 0.707. The molecule has 0 aliphatic rings. The maximum absolute atomic E-state index is 13.4. The lowest BCUT2D eigenvalue weighted by Gasteiger charge is -2.07. The molecule has 0 unspecified atom stereocenters. The van der Waals surface area contributed by atoms with E-state index in [-0.39, 0.29) is 12.1 Å². The van der Waals surface area contributed by atoms with Crippen LogP contribution in [0.5, 0.6) is 0 Å². The molecule has 20 heavy (non-hydrogen) atoms. The van der Waals surface area contributed by atoms with Gasteiger partial charge in [0.1, 0.15) is 17.3 Å². The quantitative estimate of drug-likeness (QED) is 0.902.